The van der Waals surface area contributed by atoms with E-state index < -0.39 is 0 Å². The summed E-state index contributed by atoms with van der Waals surface area (Å²) in [5, 5.41) is 7.53. The predicted octanol–water partition coefficient (Wildman–Crippen LogP) is 1.66. The first kappa shape index (κ1) is 16.4. The highest BCUT2D eigenvalue weighted by Gasteiger charge is 1.97. The van der Waals surface area contributed by atoms with Crippen LogP contribution in [0.15, 0.2) is 47.3 Å². The standard InChI is InChI=1S/C11H13N5.C3H6/c1-2-3-7-10(12)15-16-11(13)9-6-4-5-8-14-9;1-3-2/h1,4-6,8H,3,7H2,(H2,12,15)(H2,13,16);3H,1H2,2H3. The predicted molar refractivity (Wildman–Crippen MR) is 80.5 cm³/mol. The van der Waals surface area contributed by atoms with Gasteiger partial charge in [-0.15, -0.1) is 29.1 Å². The Morgan fingerprint density at radius 1 is 1.47 bits per heavy atom. The summed E-state index contributed by atoms with van der Waals surface area (Å²) < 4.78 is 0. The summed E-state index contributed by atoms with van der Waals surface area (Å²) in [6.45, 7) is 5.25. The number of hydrogen-bond acceptors (Lipinski definition) is 3. The van der Waals surface area contributed by atoms with Gasteiger partial charge in [-0.1, -0.05) is 12.1 Å². The normalized spacial score (nSPS) is 10.9. The molecular formula is C14H19N5. The van der Waals surface area contributed by atoms with Crippen LogP contribution in [0.1, 0.15) is 25.5 Å². The summed E-state index contributed by atoms with van der Waals surface area (Å²) in [5.74, 6) is 3.05. The van der Waals surface area contributed by atoms with Crippen molar-refractivity contribution in [1.29, 1.82) is 0 Å². The lowest BCUT2D eigenvalue weighted by atomic mass is 10.3. The van der Waals surface area contributed by atoms with Gasteiger partial charge >= 0.3 is 0 Å². The van der Waals surface area contributed by atoms with Crippen molar-refractivity contribution in [1.82, 2.24) is 4.98 Å². The quantitative estimate of drug-likeness (QED) is 0.282. The Morgan fingerprint density at radius 3 is 2.68 bits per heavy atom. The maximum Gasteiger partial charge on any atom is 0.172 e. The molecule has 1 aromatic rings. The zero-order chi connectivity index (χ0) is 14.5. The molecule has 0 saturated heterocycles. The van der Waals surface area contributed by atoms with E-state index in [4.69, 9.17) is 17.9 Å². The fourth-order valence-corrected chi connectivity index (χ4v) is 0.934. The molecule has 0 unspecified atom stereocenters. The van der Waals surface area contributed by atoms with Gasteiger partial charge in [0.2, 0.25) is 0 Å². The van der Waals surface area contributed by atoms with E-state index in [-0.39, 0.29) is 5.84 Å². The SMILES string of the molecule is C#CCC/C(N)=N/N=C(\N)c1ccccn1.C=CC. The van der Waals surface area contributed by atoms with Crippen molar-refractivity contribution >= 4 is 11.7 Å². The fourth-order valence-electron chi connectivity index (χ4n) is 0.934. The molecule has 4 N–H and O–H groups in total. The van der Waals surface area contributed by atoms with Crippen molar-refractivity contribution in [2.75, 3.05) is 0 Å². The number of aromatic nitrogens is 1. The molecule has 0 bridgehead atoms. The number of allylic oxidation sites excluding steroid dienone is 1. The van der Waals surface area contributed by atoms with Crippen LogP contribution in [0, 0.1) is 12.3 Å². The largest absolute Gasteiger partial charge is 0.386 e. The molecule has 19 heavy (non-hydrogen) atoms. The van der Waals surface area contributed by atoms with Crippen molar-refractivity contribution in [3.05, 3.63) is 42.7 Å². The Labute approximate surface area is 114 Å². The van der Waals surface area contributed by atoms with E-state index in [1.165, 1.54) is 0 Å². The maximum atomic E-state index is 5.66. The first-order chi connectivity index (χ1) is 9.15. The Morgan fingerprint density at radius 2 is 2.16 bits per heavy atom. The van der Waals surface area contributed by atoms with Crippen LogP contribution in [-0.4, -0.2) is 16.7 Å². The number of pyridine rings is 1. The molecule has 0 aliphatic carbocycles. The van der Waals surface area contributed by atoms with Crippen molar-refractivity contribution in [3.8, 4) is 12.3 Å². The Bertz CT molecular complexity index is 468. The van der Waals surface area contributed by atoms with Gasteiger partial charge in [0.25, 0.3) is 0 Å². The summed E-state index contributed by atoms with van der Waals surface area (Å²) in [6.07, 6.45) is 9.52. The second kappa shape index (κ2) is 10.5. The minimum absolute atomic E-state index is 0.226. The van der Waals surface area contributed by atoms with Crippen LogP contribution in [-0.2, 0) is 0 Å². The minimum atomic E-state index is 0.226. The molecule has 0 saturated carbocycles. The lowest BCUT2D eigenvalue weighted by Gasteiger charge is -1.97. The van der Waals surface area contributed by atoms with Gasteiger partial charge in [0, 0.05) is 19.0 Å². The lowest BCUT2D eigenvalue weighted by molar-refractivity contribution is 1.07. The molecule has 0 atom stereocenters. The molecule has 0 fully saturated rings. The average molecular weight is 257 g/mol. The summed E-state index contributed by atoms with van der Waals surface area (Å²) >= 11 is 0. The first-order valence-corrected chi connectivity index (χ1v) is 5.73. The second-order valence-electron chi connectivity index (χ2n) is 3.40. The topological polar surface area (TPSA) is 89.6 Å². The number of rotatable bonds is 4. The van der Waals surface area contributed by atoms with Crippen LogP contribution in [0.25, 0.3) is 0 Å². The number of nitrogens with zero attached hydrogens (tertiary/aromatic N) is 3. The lowest BCUT2D eigenvalue weighted by Crippen LogP contribution is -2.16. The van der Waals surface area contributed by atoms with Crippen LogP contribution in [0.5, 0.6) is 0 Å². The van der Waals surface area contributed by atoms with E-state index >= 15 is 0 Å². The van der Waals surface area contributed by atoms with Crippen LogP contribution in [0.4, 0.5) is 0 Å². The average Bonchev–Trinajstić information content (AvgIpc) is 2.44. The van der Waals surface area contributed by atoms with E-state index in [9.17, 15) is 0 Å². The van der Waals surface area contributed by atoms with Crippen LogP contribution >= 0.6 is 0 Å². The molecule has 0 radical (unpaired) electrons. The van der Waals surface area contributed by atoms with Crippen molar-refractivity contribution in [3.63, 3.8) is 0 Å². The third kappa shape index (κ3) is 8.16. The number of nitrogens with two attached hydrogens (primary N) is 2. The van der Waals surface area contributed by atoms with Crippen LogP contribution in [0.3, 0.4) is 0 Å². The van der Waals surface area contributed by atoms with E-state index in [1.807, 2.05) is 13.0 Å². The van der Waals surface area contributed by atoms with Crippen LogP contribution < -0.4 is 11.5 Å². The van der Waals surface area contributed by atoms with Gasteiger partial charge in [-0.25, -0.2) is 0 Å². The van der Waals surface area contributed by atoms with Gasteiger partial charge < -0.3 is 11.5 Å². The highest BCUT2D eigenvalue weighted by Crippen LogP contribution is 1.94. The number of amidine groups is 2. The Balaban J connectivity index is 0.000000982. The third-order valence-corrected chi connectivity index (χ3v) is 1.74. The molecule has 5 nitrogen and oxygen atoms in total. The number of hydrogen-bond donors (Lipinski definition) is 2. The van der Waals surface area contributed by atoms with Crippen LogP contribution in [0.2, 0.25) is 0 Å². The molecule has 0 aromatic carbocycles. The molecule has 1 heterocycles. The molecule has 0 amide bonds. The zero-order valence-electron chi connectivity index (χ0n) is 11.1. The van der Waals surface area contributed by atoms with Gasteiger partial charge in [-0.3, -0.25) is 4.98 Å². The third-order valence-electron chi connectivity index (χ3n) is 1.74. The molecule has 0 spiro atoms. The molecule has 1 rings (SSSR count). The molecular weight excluding hydrogens is 238 g/mol. The summed E-state index contributed by atoms with van der Waals surface area (Å²) in [6, 6.07) is 5.35. The van der Waals surface area contributed by atoms with Crippen molar-refractivity contribution < 1.29 is 0 Å². The van der Waals surface area contributed by atoms with Crippen molar-refractivity contribution in [2.24, 2.45) is 21.7 Å². The van der Waals surface area contributed by atoms with E-state index in [2.05, 4.69) is 27.7 Å². The van der Waals surface area contributed by atoms with Crippen molar-refractivity contribution in [2.45, 2.75) is 19.8 Å². The Kier molecular flexibility index (Phi) is 9.09. The molecule has 0 aliphatic heterocycles. The fraction of sp³-hybridized carbons (Fsp3) is 0.214. The smallest absolute Gasteiger partial charge is 0.172 e. The van der Waals surface area contributed by atoms with Gasteiger partial charge in [0.1, 0.15) is 11.5 Å². The second-order valence-corrected chi connectivity index (χ2v) is 3.40. The summed E-state index contributed by atoms with van der Waals surface area (Å²) in [4.78, 5) is 4.02. The minimum Gasteiger partial charge on any atom is -0.386 e. The molecule has 1 aromatic heterocycles. The van der Waals surface area contributed by atoms with E-state index in [1.54, 1.807) is 24.4 Å². The zero-order valence-corrected chi connectivity index (χ0v) is 11.1. The Hall–Kier alpha value is -2.61. The van der Waals surface area contributed by atoms with Gasteiger partial charge in [-0.2, -0.15) is 0 Å². The highest BCUT2D eigenvalue weighted by atomic mass is 15.3. The van der Waals surface area contributed by atoms with Gasteiger partial charge in [0.05, 0.1) is 0 Å². The summed E-state index contributed by atoms with van der Waals surface area (Å²) in [7, 11) is 0. The van der Waals surface area contributed by atoms with E-state index in [0.717, 1.165) is 0 Å². The molecule has 0 aliphatic rings. The van der Waals surface area contributed by atoms with Gasteiger partial charge in [-0.05, 0) is 19.1 Å². The summed E-state index contributed by atoms with van der Waals surface area (Å²) in [5.41, 5.74) is 11.8. The first-order valence-electron chi connectivity index (χ1n) is 5.73. The monoisotopic (exact) mass is 257 g/mol. The molecule has 5 heteroatoms. The van der Waals surface area contributed by atoms with Gasteiger partial charge in [0.15, 0.2) is 5.84 Å². The maximum absolute atomic E-state index is 5.66. The number of terminal acetylenes is 1. The van der Waals surface area contributed by atoms with E-state index in [0.29, 0.717) is 24.4 Å². The highest BCUT2D eigenvalue weighted by molar-refractivity contribution is 5.96. The molecule has 100 valence electrons.